The largest absolute Gasteiger partial charge is 0.507 e. The molecule has 0 fully saturated rings. The Morgan fingerprint density at radius 3 is 2.62 bits per heavy atom. The highest BCUT2D eigenvalue weighted by atomic mass is 16.5. The number of fused-ring (bicyclic) bond motifs is 3. The van der Waals surface area contributed by atoms with Crippen LogP contribution in [0.4, 0.5) is 0 Å². The quantitative estimate of drug-likeness (QED) is 0.763. The molecule has 5 rings (SSSR count). The summed E-state index contributed by atoms with van der Waals surface area (Å²) in [7, 11) is 0. The van der Waals surface area contributed by atoms with Gasteiger partial charge in [0.1, 0.15) is 17.2 Å². The number of para-hydroxylation sites is 2. The van der Waals surface area contributed by atoms with Crippen molar-refractivity contribution in [3.8, 4) is 11.5 Å². The zero-order valence-corrected chi connectivity index (χ0v) is 14.0. The average molecular weight is 343 g/mol. The Bertz CT molecular complexity index is 987. The summed E-state index contributed by atoms with van der Waals surface area (Å²) in [6.07, 6.45) is 2.08. The van der Waals surface area contributed by atoms with Gasteiger partial charge in [0.2, 0.25) is 6.23 Å². The molecule has 26 heavy (non-hydrogen) atoms. The first-order chi connectivity index (χ1) is 12.8. The minimum absolute atomic E-state index is 0.0570. The minimum atomic E-state index is -0.389. The summed E-state index contributed by atoms with van der Waals surface area (Å²) in [6.45, 7) is 0. The number of rotatable bonds is 2. The van der Waals surface area contributed by atoms with Crippen LogP contribution in [0.3, 0.4) is 0 Å². The van der Waals surface area contributed by atoms with Crippen LogP contribution in [0.5, 0.6) is 11.5 Å². The molecule has 0 spiro atoms. The van der Waals surface area contributed by atoms with Crippen LogP contribution in [0.15, 0.2) is 78.0 Å². The van der Waals surface area contributed by atoms with E-state index in [2.05, 4.69) is 11.1 Å². The Morgan fingerprint density at radius 2 is 1.77 bits per heavy atom. The molecule has 0 bridgehead atoms. The van der Waals surface area contributed by atoms with Gasteiger partial charge in [-0.2, -0.15) is 5.10 Å². The van der Waals surface area contributed by atoms with E-state index >= 15 is 0 Å². The molecule has 5 heteroatoms. The maximum Gasteiger partial charge on any atom is 0.230 e. The van der Waals surface area contributed by atoms with E-state index in [0.29, 0.717) is 6.42 Å². The summed E-state index contributed by atoms with van der Waals surface area (Å²) in [5, 5.41) is 17.0. The number of hydrazone groups is 1. The van der Waals surface area contributed by atoms with Gasteiger partial charge in [-0.1, -0.05) is 36.4 Å². The lowest BCUT2D eigenvalue weighted by Gasteiger charge is -2.37. The fourth-order valence-corrected chi connectivity index (χ4v) is 3.63. The first-order valence-electron chi connectivity index (χ1n) is 8.62. The van der Waals surface area contributed by atoms with Crippen LogP contribution in [0, 0.1) is 0 Å². The van der Waals surface area contributed by atoms with E-state index in [1.165, 1.54) is 0 Å². The molecule has 3 aromatic rings. The Morgan fingerprint density at radius 1 is 0.962 bits per heavy atom. The van der Waals surface area contributed by atoms with Crippen LogP contribution in [-0.2, 0) is 0 Å². The first kappa shape index (κ1) is 15.0. The lowest BCUT2D eigenvalue weighted by Crippen LogP contribution is -2.34. The van der Waals surface area contributed by atoms with Gasteiger partial charge in [0.25, 0.3) is 0 Å². The number of benzene rings is 2. The number of aromatic nitrogens is 1. The fraction of sp³-hybridized carbons (Fsp3) is 0.143. The van der Waals surface area contributed by atoms with Crippen LogP contribution in [0.2, 0.25) is 0 Å². The summed E-state index contributed by atoms with van der Waals surface area (Å²) < 4.78 is 6.24. The molecule has 0 radical (unpaired) electrons. The van der Waals surface area contributed by atoms with Gasteiger partial charge in [-0.15, -0.1) is 0 Å². The highest BCUT2D eigenvalue weighted by Crippen LogP contribution is 2.47. The molecule has 3 heterocycles. The van der Waals surface area contributed by atoms with E-state index in [-0.39, 0.29) is 18.0 Å². The fourth-order valence-electron chi connectivity index (χ4n) is 3.63. The third kappa shape index (κ3) is 2.32. The van der Waals surface area contributed by atoms with Crippen molar-refractivity contribution < 1.29 is 9.84 Å². The summed E-state index contributed by atoms with van der Waals surface area (Å²) in [5.41, 5.74) is 3.54. The molecule has 2 atom stereocenters. The molecule has 2 aliphatic heterocycles. The molecule has 0 aliphatic carbocycles. The third-order valence-electron chi connectivity index (χ3n) is 4.85. The lowest BCUT2D eigenvalue weighted by atomic mass is 9.96. The maximum absolute atomic E-state index is 10.2. The van der Waals surface area contributed by atoms with E-state index in [4.69, 9.17) is 9.84 Å². The lowest BCUT2D eigenvalue weighted by molar-refractivity contribution is -0.0218. The van der Waals surface area contributed by atoms with Crippen molar-refractivity contribution in [2.75, 3.05) is 0 Å². The monoisotopic (exact) mass is 343 g/mol. The van der Waals surface area contributed by atoms with Gasteiger partial charge in [-0.3, -0.25) is 4.98 Å². The Labute approximate surface area is 151 Å². The van der Waals surface area contributed by atoms with Crippen molar-refractivity contribution in [3.63, 3.8) is 0 Å². The van der Waals surface area contributed by atoms with E-state index in [9.17, 15) is 5.11 Å². The van der Waals surface area contributed by atoms with Crippen molar-refractivity contribution in [1.29, 1.82) is 0 Å². The molecule has 2 unspecified atom stereocenters. The maximum atomic E-state index is 10.2. The predicted molar refractivity (Wildman–Crippen MR) is 97.9 cm³/mol. The third-order valence-corrected chi connectivity index (χ3v) is 4.85. The average Bonchev–Trinajstić information content (AvgIpc) is 3.14. The van der Waals surface area contributed by atoms with Crippen molar-refractivity contribution in [2.24, 2.45) is 5.10 Å². The van der Waals surface area contributed by atoms with Crippen molar-refractivity contribution >= 4 is 5.71 Å². The second-order valence-corrected chi connectivity index (χ2v) is 6.43. The standard InChI is InChI=1S/C21H17N3O2/c25-19-10-3-1-7-14(19)17-13-18-15-8-2-4-11-20(15)26-21(24(18)23-17)16-9-5-6-12-22-16/h1-12,18,21,25H,13H2. The van der Waals surface area contributed by atoms with Crippen LogP contribution in [-0.4, -0.2) is 20.8 Å². The molecule has 1 aromatic heterocycles. The molecular weight excluding hydrogens is 326 g/mol. The van der Waals surface area contributed by atoms with Crippen LogP contribution in [0.1, 0.15) is 35.5 Å². The number of ether oxygens (including phenoxy) is 1. The van der Waals surface area contributed by atoms with Crippen LogP contribution >= 0.6 is 0 Å². The molecule has 1 N–H and O–H groups in total. The Hall–Kier alpha value is -3.34. The summed E-state index contributed by atoms with van der Waals surface area (Å²) >= 11 is 0. The number of pyridine rings is 1. The van der Waals surface area contributed by atoms with E-state index in [1.54, 1.807) is 12.3 Å². The molecular formula is C21H17N3O2. The Balaban J connectivity index is 1.62. The number of phenolic OH excluding ortho intramolecular Hbond substituents is 1. The molecule has 2 aromatic carbocycles. The van der Waals surface area contributed by atoms with Crippen LogP contribution < -0.4 is 4.74 Å². The Kier molecular flexibility index (Phi) is 3.38. The molecule has 0 saturated carbocycles. The van der Waals surface area contributed by atoms with Gasteiger partial charge < -0.3 is 9.84 Å². The summed E-state index contributed by atoms with van der Waals surface area (Å²) in [4.78, 5) is 4.47. The molecule has 0 saturated heterocycles. The zero-order valence-electron chi connectivity index (χ0n) is 14.0. The predicted octanol–water partition coefficient (Wildman–Crippen LogP) is 4.03. The highest BCUT2D eigenvalue weighted by molar-refractivity contribution is 6.04. The van der Waals surface area contributed by atoms with Gasteiger partial charge in [0.15, 0.2) is 0 Å². The summed E-state index contributed by atoms with van der Waals surface area (Å²) in [5.74, 6) is 1.10. The minimum Gasteiger partial charge on any atom is -0.507 e. The first-order valence-corrected chi connectivity index (χ1v) is 8.62. The summed E-state index contributed by atoms with van der Waals surface area (Å²) in [6, 6.07) is 21.2. The zero-order chi connectivity index (χ0) is 17.5. The molecule has 128 valence electrons. The van der Waals surface area contributed by atoms with Crippen LogP contribution in [0.25, 0.3) is 0 Å². The van der Waals surface area contributed by atoms with E-state index in [0.717, 1.165) is 28.3 Å². The van der Waals surface area contributed by atoms with Gasteiger partial charge in [-0.25, -0.2) is 5.01 Å². The van der Waals surface area contributed by atoms with E-state index < -0.39 is 0 Å². The molecule has 5 nitrogen and oxygen atoms in total. The number of aromatic hydroxyl groups is 1. The van der Waals surface area contributed by atoms with Crippen molar-refractivity contribution in [3.05, 3.63) is 89.7 Å². The molecule has 0 amide bonds. The second-order valence-electron chi connectivity index (χ2n) is 6.43. The van der Waals surface area contributed by atoms with E-state index in [1.807, 2.05) is 59.6 Å². The molecule has 2 aliphatic rings. The topological polar surface area (TPSA) is 58.0 Å². The van der Waals surface area contributed by atoms with Gasteiger partial charge in [0, 0.05) is 23.7 Å². The van der Waals surface area contributed by atoms with Gasteiger partial charge in [-0.05, 0) is 30.3 Å². The van der Waals surface area contributed by atoms with Crippen molar-refractivity contribution in [1.82, 2.24) is 9.99 Å². The van der Waals surface area contributed by atoms with Gasteiger partial charge >= 0.3 is 0 Å². The highest BCUT2D eigenvalue weighted by Gasteiger charge is 2.41. The smallest absolute Gasteiger partial charge is 0.230 e. The second kappa shape index (κ2) is 5.88. The SMILES string of the molecule is Oc1ccccc1C1=NN2C(C1)c1ccccc1OC2c1ccccn1. The number of phenols is 1. The number of hydrogen-bond acceptors (Lipinski definition) is 5. The number of hydrogen-bond donors (Lipinski definition) is 1. The normalized spacial score (nSPS) is 20.8. The van der Waals surface area contributed by atoms with Crippen molar-refractivity contribution in [2.45, 2.75) is 18.7 Å². The number of nitrogens with zero attached hydrogens (tertiary/aromatic N) is 3. The van der Waals surface area contributed by atoms with Gasteiger partial charge in [0.05, 0.1) is 11.8 Å².